The number of para-hydroxylation sites is 1. The summed E-state index contributed by atoms with van der Waals surface area (Å²) in [6.45, 7) is 3.84. The van der Waals surface area contributed by atoms with Crippen molar-refractivity contribution in [2.45, 2.75) is 13.8 Å². The summed E-state index contributed by atoms with van der Waals surface area (Å²) in [4.78, 5) is 19.5. The van der Waals surface area contributed by atoms with Gasteiger partial charge in [0.05, 0.1) is 6.61 Å². The molecule has 94 valence electrons. The summed E-state index contributed by atoms with van der Waals surface area (Å²) in [6, 6.07) is 9.80. The summed E-state index contributed by atoms with van der Waals surface area (Å²) in [6.07, 6.45) is 0. The fourth-order valence-electron chi connectivity index (χ4n) is 0.789. The smallest absolute Gasteiger partial charge is 0.317 e. The molecule has 1 rings (SSSR count). The van der Waals surface area contributed by atoms with Gasteiger partial charge in [0.15, 0.2) is 5.92 Å². The van der Waals surface area contributed by atoms with Crippen LogP contribution in [0.4, 0.5) is 0 Å². The Morgan fingerprint density at radius 3 is 1.94 bits per heavy atom. The largest absolute Gasteiger partial charge is 0.494 e. The monoisotopic (exact) mass is 240 g/mol. The highest BCUT2D eigenvalue weighted by atomic mass is 16.5. The number of hydrogen-bond donors (Lipinski definition) is 2. The molecule has 0 aliphatic carbocycles. The summed E-state index contributed by atoms with van der Waals surface area (Å²) >= 11 is 0. The number of rotatable bonds is 4. The summed E-state index contributed by atoms with van der Waals surface area (Å²) in [5.41, 5.74) is 0. The fraction of sp³-hybridized carbons (Fsp3) is 0.333. The maximum absolute atomic E-state index is 9.76. The van der Waals surface area contributed by atoms with Gasteiger partial charge >= 0.3 is 11.9 Å². The molecule has 0 fully saturated rings. The molecule has 0 saturated heterocycles. The number of carbonyl (C=O) groups is 2. The van der Waals surface area contributed by atoms with E-state index >= 15 is 0 Å². The molecule has 1 aromatic carbocycles. The van der Waals surface area contributed by atoms with E-state index < -0.39 is 17.9 Å². The molecule has 0 bridgehead atoms. The van der Waals surface area contributed by atoms with E-state index in [9.17, 15) is 9.59 Å². The van der Waals surface area contributed by atoms with Crippen molar-refractivity contribution in [1.82, 2.24) is 0 Å². The van der Waals surface area contributed by atoms with E-state index in [-0.39, 0.29) is 0 Å². The Labute approximate surface area is 99.7 Å². The fourth-order valence-corrected chi connectivity index (χ4v) is 0.789. The second-order valence-corrected chi connectivity index (χ2v) is 3.14. The molecule has 0 amide bonds. The van der Waals surface area contributed by atoms with Crippen molar-refractivity contribution in [2.75, 3.05) is 6.61 Å². The Hall–Kier alpha value is -2.04. The lowest BCUT2D eigenvalue weighted by Crippen LogP contribution is -2.19. The van der Waals surface area contributed by atoms with Gasteiger partial charge in [0.1, 0.15) is 5.75 Å². The molecule has 1 aromatic rings. The van der Waals surface area contributed by atoms with Crippen LogP contribution in [0.25, 0.3) is 0 Å². The normalized spacial score (nSPS) is 9.12. The number of ether oxygens (including phenoxy) is 1. The number of benzene rings is 1. The van der Waals surface area contributed by atoms with E-state index in [0.29, 0.717) is 0 Å². The van der Waals surface area contributed by atoms with E-state index in [0.717, 1.165) is 19.3 Å². The lowest BCUT2D eigenvalue weighted by Gasteiger charge is -1.99. The molecule has 2 N–H and O–H groups in total. The topological polar surface area (TPSA) is 83.8 Å². The number of hydrogen-bond acceptors (Lipinski definition) is 3. The van der Waals surface area contributed by atoms with Crippen molar-refractivity contribution in [2.24, 2.45) is 5.92 Å². The zero-order valence-electron chi connectivity index (χ0n) is 9.79. The van der Waals surface area contributed by atoms with Gasteiger partial charge < -0.3 is 14.9 Å². The Morgan fingerprint density at radius 2 is 1.65 bits per heavy atom. The van der Waals surface area contributed by atoms with Crippen LogP contribution in [0.5, 0.6) is 5.75 Å². The summed E-state index contributed by atoms with van der Waals surface area (Å²) in [7, 11) is 0. The van der Waals surface area contributed by atoms with Crippen LogP contribution < -0.4 is 4.74 Å². The number of aliphatic carboxylic acids is 2. The molecule has 0 aromatic heterocycles. The van der Waals surface area contributed by atoms with Gasteiger partial charge in [-0.05, 0) is 26.0 Å². The van der Waals surface area contributed by atoms with E-state index in [2.05, 4.69) is 0 Å². The van der Waals surface area contributed by atoms with Gasteiger partial charge in [-0.2, -0.15) is 0 Å². The Bertz CT molecular complexity index is 333. The van der Waals surface area contributed by atoms with Crippen molar-refractivity contribution in [3.8, 4) is 5.75 Å². The Balaban J connectivity index is 0.000000304. The second kappa shape index (κ2) is 8.15. The first kappa shape index (κ1) is 15.0. The van der Waals surface area contributed by atoms with Gasteiger partial charge in [0.25, 0.3) is 0 Å². The minimum absolute atomic E-state index is 0.740. The quantitative estimate of drug-likeness (QED) is 0.785. The third-order valence-corrected chi connectivity index (χ3v) is 1.80. The maximum Gasteiger partial charge on any atom is 0.317 e. The molecule has 0 atom stereocenters. The van der Waals surface area contributed by atoms with Gasteiger partial charge in [-0.3, -0.25) is 9.59 Å². The van der Waals surface area contributed by atoms with E-state index in [4.69, 9.17) is 14.9 Å². The lowest BCUT2D eigenvalue weighted by molar-refractivity contribution is -0.153. The molecular weight excluding hydrogens is 224 g/mol. The highest BCUT2D eigenvalue weighted by Crippen LogP contribution is 2.06. The molecular formula is C12H16O5. The third-order valence-electron chi connectivity index (χ3n) is 1.80. The number of carboxylic acids is 2. The van der Waals surface area contributed by atoms with Gasteiger partial charge in [-0.25, -0.2) is 0 Å². The minimum atomic E-state index is -1.31. The summed E-state index contributed by atoms with van der Waals surface area (Å²) in [5.74, 6) is -2.97. The molecule has 0 spiro atoms. The molecule has 0 radical (unpaired) electrons. The molecule has 0 aliphatic heterocycles. The van der Waals surface area contributed by atoms with Crippen LogP contribution in [0, 0.1) is 5.92 Å². The Morgan fingerprint density at radius 1 is 1.18 bits per heavy atom. The van der Waals surface area contributed by atoms with Crippen LogP contribution in [0.1, 0.15) is 13.8 Å². The first-order chi connectivity index (χ1) is 7.99. The van der Waals surface area contributed by atoms with Gasteiger partial charge in [0.2, 0.25) is 0 Å². The van der Waals surface area contributed by atoms with Crippen LogP contribution >= 0.6 is 0 Å². The highest BCUT2D eigenvalue weighted by molar-refractivity contribution is 5.92. The van der Waals surface area contributed by atoms with Gasteiger partial charge in [-0.15, -0.1) is 0 Å². The van der Waals surface area contributed by atoms with E-state index in [1.54, 1.807) is 0 Å². The van der Waals surface area contributed by atoms with Crippen molar-refractivity contribution < 1.29 is 24.5 Å². The lowest BCUT2D eigenvalue weighted by atomic mass is 10.2. The van der Waals surface area contributed by atoms with Crippen molar-refractivity contribution >= 4 is 11.9 Å². The zero-order valence-corrected chi connectivity index (χ0v) is 9.79. The molecule has 0 heterocycles. The molecule has 0 unspecified atom stereocenters. The van der Waals surface area contributed by atoms with Crippen LogP contribution in [0.15, 0.2) is 30.3 Å². The van der Waals surface area contributed by atoms with E-state index in [1.165, 1.54) is 0 Å². The maximum atomic E-state index is 9.76. The van der Waals surface area contributed by atoms with E-state index in [1.807, 2.05) is 37.3 Å². The molecule has 0 aliphatic rings. The minimum Gasteiger partial charge on any atom is -0.494 e. The van der Waals surface area contributed by atoms with Crippen molar-refractivity contribution in [1.29, 1.82) is 0 Å². The predicted octanol–water partition coefficient (Wildman–Crippen LogP) is 1.88. The highest BCUT2D eigenvalue weighted by Gasteiger charge is 2.18. The standard InChI is InChI=1S/C8H10O.C4H6O4/c1-2-9-8-6-4-3-5-7-8;1-2(3(5)6)4(7)8/h3-7H,2H2,1H3;2H,1H3,(H,5,6)(H,7,8). The molecule has 0 saturated carbocycles. The molecule has 5 nitrogen and oxygen atoms in total. The average molecular weight is 240 g/mol. The van der Waals surface area contributed by atoms with Crippen LogP contribution in [0.2, 0.25) is 0 Å². The summed E-state index contributed by atoms with van der Waals surface area (Å²) < 4.78 is 5.21. The van der Waals surface area contributed by atoms with Crippen LogP contribution in [-0.4, -0.2) is 28.8 Å². The SMILES string of the molecule is CC(C(=O)O)C(=O)O.CCOc1ccccc1. The van der Waals surface area contributed by atoms with Gasteiger partial charge in [-0.1, -0.05) is 18.2 Å². The average Bonchev–Trinajstić information content (AvgIpc) is 2.30. The van der Waals surface area contributed by atoms with Crippen LogP contribution in [-0.2, 0) is 9.59 Å². The number of carboxylic acid groups (broad SMARTS) is 2. The second-order valence-electron chi connectivity index (χ2n) is 3.14. The molecule has 5 heteroatoms. The first-order valence-electron chi connectivity index (χ1n) is 5.12. The zero-order chi connectivity index (χ0) is 13.3. The first-order valence-corrected chi connectivity index (χ1v) is 5.12. The van der Waals surface area contributed by atoms with Crippen LogP contribution in [0.3, 0.4) is 0 Å². The Kier molecular flexibility index (Phi) is 7.17. The third kappa shape index (κ3) is 6.94. The van der Waals surface area contributed by atoms with Crippen molar-refractivity contribution in [3.05, 3.63) is 30.3 Å². The summed E-state index contributed by atoms with van der Waals surface area (Å²) in [5, 5.41) is 15.9. The predicted molar refractivity (Wildman–Crippen MR) is 62.0 cm³/mol. The molecule has 17 heavy (non-hydrogen) atoms. The van der Waals surface area contributed by atoms with Gasteiger partial charge in [0, 0.05) is 0 Å². The van der Waals surface area contributed by atoms with Crippen molar-refractivity contribution in [3.63, 3.8) is 0 Å².